The molecule has 1 heterocycles. The Morgan fingerprint density at radius 3 is 2.20 bits per heavy atom. The topological polar surface area (TPSA) is 91.3 Å². The number of anilines is 3. The Morgan fingerprint density at radius 2 is 1.52 bits per heavy atom. The zero-order chi connectivity index (χ0) is 17.6. The Balaban J connectivity index is 1.68. The van der Waals surface area contributed by atoms with Gasteiger partial charge in [0.25, 0.3) is 5.91 Å². The van der Waals surface area contributed by atoms with Crippen molar-refractivity contribution in [1.29, 1.82) is 0 Å². The van der Waals surface area contributed by atoms with E-state index in [-0.39, 0.29) is 11.6 Å². The smallest absolute Gasteiger partial charge is 0.354 e. The van der Waals surface area contributed by atoms with Crippen LogP contribution in [0.3, 0.4) is 0 Å². The molecule has 2 aromatic carbocycles. The first-order valence-corrected chi connectivity index (χ1v) is 7.55. The van der Waals surface area contributed by atoms with Crippen LogP contribution in [0.5, 0.6) is 0 Å². The van der Waals surface area contributed by atoms with Crippen molar-refractivity contribution in [1.82, 2.24) is 4.98 Å². The summed E-state index contributed by atoms with van der Waals surface area (Å²) >= 11 is 0. The number of carbonyl (C=O) groups is 2. The number of para-hydroxylation sites is 1. The van der Waals surface area contributed by atoms with Gasteiger partial charge < -0.3 is 15.7 Å². The molecule has 0 bridgehead atoms. The van der Waals surface area contributed by atoms with E-state index < -0.39 is 5.97 Å². The quantitative estimate of drug-likeness (QED) is 0.661. The van der Waals surface area contributed by atoms with Gasteiger partial charge in [-0.15, -0.1) is 0 Å². The first-order chi connectivity index (χ1) is 12.1. The maximum absolute atomic E-state index is 12.3. The summed E-state index contributed by atoms with van der Waals surface area (Å²) in [6.45, 7) is 0. The Morgan fingerprint density at radius 1 is 0.840 bits per heavy atom. The van der Waals surface area contributed by atoms with Crippen molar-refractivity contribution in [2.45, 2.75) is 0 Å². The summed E-state index contributed by atoms with van der Waals surface area (Å²) in [5.41, 5.74) is 2.54. The van der Waals surface area contributed by atoms with Crippen molar-refractivity contribution in [2.75, 3.05) is 10.6 Å². The van der Waals surface area contributed by atoms with Crippen molar-refractivity contribution < 1.29 is 14.7 Å². The molecule has 0 aliphatic rings. The molecule has 3 aromatic rings. The molecule has 3 N–H and O–H groups in total. The normalized spacial score (nSPS) is 10.1. The minimum Gasteiger partial charge on any atom is -0.477 e. The van der Waals surface area contributed by atoms with E-state index in [9.17, 15) is 9.59 Å². The predicted octanol–water partition coefficient (Wildman–Crippen LogP) is 3.78. The Hall–Kier alpha value is -3.67. The molecule has 0 unspecified atom stereocenters. The molecule has 6 heteroatoms. The van der Waals surface area contributed by atoms with Gasteiger partial charge in [-0.2, -0.15) is 0 Å². The number of aromatic nitrogens is 1. The average molecular weight is 333 g/mol. The van der Waals surface area contributed by atoms with Crippen LogP contribution >= 0.6 is 0 Å². The number of hydrogen-bond acceptors (Lipinski definition) is 4. The van der Waals surface area contributed by atoms with E-state index in [1.54, 1.807) is 24.3 Å². The number of nitrogens with zero attached hydrogens (tertiary/aromatic N) is 1. The molecule has 124 valence electrons. The van der Waals surface area contributed by atoms with E-state index in [4.69, 9.17) is 5.11 Å². The largest absolute Gasteiger partial charge is 0.477 e. The maximum Gasteiger partial charge on any atom is 0.354 e. The number of rotatable bonds is 5. The third kappa shape index (κ3) is 4.20. The van der Waals surface area contributed by atoms with Crippen LogP contribution in [0, 0.1) is 0 Å². The Labute approximate surface area is 144 Å². The summed E-state index contributed by atoms with van der Waals surface area (Å²) in [4.78, 5) is 26.9. The molecular weight excluding hydrogens is 318 g/mol. The van der Waals surface area contributed by atoms with Crippen molar-refractivity contribution in [3.63, 3.8) is 0 Å². The molecule has 1 amide bonds. The van der Waals surface area contributed by atoms with Gasteiger partial charge >= 0.3 is 5.97 Å². The highest BCUT2D eigenvalue weighted by Crippen LogP contribution is 2.17. The molecule has 25 heavy (non-hydrogen) atoms. The van der Waals surface area contributed by atoms with Crippen molar-refractivity contribution in [2.24, 2.45) is 0 Å². The van der Waals surface area contributed by atoms with Gasteiger partial charge in [0.05, 0.1) is 0 Å². The van der Waals surface area contributed by atoms with Crippen LogP contribution in [0.2, 0.25) is 0 Å². The SMILES string of the molecule is O=C(Nc1ccnc(C(=O)O)c1)c1ccc(Nc2ccccc2)cc1. The minimum absolute atomic E-state index is 0.125. The highest BCUT2D eigenvalue weighted by molar-refractivity contribution is 6.04. The zero-order valence-corrected chi connectivity index (χ0v) is 13.1. The van der Waals surface area contributed by atoms with Gasteiger partial charge in [-0.05, 0) is 48.5 Å². The second-order valence-electron chi connectivity index (χ2n) is 5.26. The number of hydrogen-bond donors (Lipinski definition) is 3. The fourth-order valence-electron chi connectivity index (χ4n) is 2.22. The predicted molar refractivity (Wildman–Crippen MR) is 95.3 cm³/mol. The molecule has 0 atom stereocenters. The summed E-state index contributed by atoms with van der Waals surface area (Å²) in [6.07, 6.45) is 1.34. The van der Waals surface area contributed by atoms with Crippen molar-refractivity contribution in [3.8, 4) is 0 Å². The lowest BCUT2D eigenvalue weighted by Gasteiger charge is -2.08. The first-order valence-electron chi connectivity index (χ1n) is 7.55. The molecule has 1 aromatic heterocycles. The molecule has 0 aliphatic heterocycles. The number of pyridine rings is 1. The van der Waals surface area contributed by atoms with E-state index in [2.05, 4.69) is 15.6 Å². The summed E-state index contributed by atoms with van der Waals surface area (Å²) in [7, 11) is 0. The minimum atomic E-state index is -1.15. The first kappa shape index (κ1) is 16.2. The molecule has 3 rings (SSSR count). The number of carbonyl (C=O) groups excluding carboxylic acids is 1. The third-order valence-corrected chi connectivity index (χ3v) is 3.45. The third-order valence-electron chi connectivity index (χ3n) is 3.45. The molecule has 0 saturated heterocycles. The second-order valence-corrected chi connectivity index (χ2v) is 5.26. The Bertz CT molecular complexity index is 893. The number of carboxylic acids is 1. The zero-order valence-electron chi connectivity index (χ0n) is 13.1. The number of aromatic carboxylic acids is 1. The van der Waals surface area contributed by atoms with E-state index >= 15 is 0 Å². The van der Waals surface area contributed by atoms with E-state index in [0.29, 0.717) is 11.3 Å². The lowest BCUT2D eigenvalue weighted by atomic mass is 10.2. The number of carboxylic acid groups (broad SMARTS) is 1. The molecule has 0 spiro atoms. The summed E-state index contributed by atoms with van der Waals surface area (Å²) in [6, 6.07) is 19.5. The molecular formula is C19H15N3O3. The molecule has 0 saturated carbocycles. The fraction of sp³-hybridized carbons (Fsp3) is 0. The van der Waals surface area contributed by atoms with Gasteiger partial charge in [0.15, 0.2) is 0 Å². The standard InChI is InChI=1S/C19H15N3O3/c23-18(22-16-10-11-20-17(12-16)19(24)25)13-6-8-15(9-7-13)21-14-4-2-1-3-5-14/h1-12,21H,(H,24,25)(H,20,22,23). The van der Waals surface area contributed by atoms with Crippen molar-refractivity contribution in [3.05, 3.63) is 84.2 Å². The van der Waals surface area contributed by atoms with Gasteiger partial charge in [-0.3, -0.25) is 4.79 Å². The number of benzene rings is 2. The Kier molecular flexibility index (Phi) is 4.71. The summed E-state index contributed by atoms with van der Waals surface area (Å²) in [5.74, 6) is -1.47. The van der Waals surface area contributed by atoms with Crippen LogP contribution in [0.15, 0.2) is 72.9 Å². The average Bonchev–Trinajstić information content (AvgIpc) is 2.63. The summed E-state index contributed by atoms with van der Waals surface area (Å²) in [5, 5.41) is 14.8. The number of nitrogens with one attached hydrogen (secondary N) is 2. The lowest BCUT2D eigenvalue weighted by molar-refractivity contribution is 0.0690. The van der Waals surface area contributed by atoms with Crippen LogP contribution in [0.4, 0.5) is 17.1 Å². The van der Waals surface area contributed by atoms with Gasteiger partial charge in [-0.1, -0.05) is 18.2 Å². The maximum atomic E-state index is 12.3. The van der Waals surface area contributed by atoms with Gasteiger partial charge in [0, 0.05) is 28.8 Å². The van der Waals surface area contributed by atoms with Crippen LogP contribution in [-0.4, -0.2) is 22.0 Å². The highest BCUT2D eigenvalue weighted by Gasteiger charge is 2.09. The van der Waals surface area contributed by atoms with Crippen LogP contribution < -0.4 is 10.6 Å². The van der Waals surface area contributed by atoms with Gasteiger partial charge in [0.2, 0.25) is 0 Å². The monoisotopic (exact) mass is 333 g/mol. The second kappa shape index (κ2) is 7.27. The van der Waals surface area contributed by atoms with E-state index in [1.807, 2.05) is 30.3 Å². The highest BCUT2D eigenvalue weighted by atomic mass is 16.4. The van der Waals surface area contributed by atoms with Crippen molar-refractivity contribution >= 4 is 28.9 Å². The fourth-order valence-corrected chi connectivity index (χ4v) is 2.22. The van der Waals surface area contributed by atoms with Crippen LogP contribution in [0.1, 0.15) is 20.8 Å². The van der Waals surface area contributed by atoms with Crippen LogP contribution in [-0.2, 0) is 0 Å². The van der Waals surface area contributed by atoms with E-state index in [1.165, 1.54) is 18.3 Å². The van der Waals surface area contributed by atoms with Gasteiger partial charge in [-0.25, -0.2) is 9.78 Å². The lowest BCUT2D eigenvalue weighted by Crippen LogP contribution is -2.12. The number of amides is 1. The van der Waals surface area contributed by atoms with E-state index in [0.717, 1.165) is 11.4 Å². The molecule has 0 fully saturated rings. The van der Waals surface area contributed by atoms with Crippen LogP contribution in [0.25, 0.3) is 0 Å². The van der Waals surface area contributed by atoms with Gasteiger partial charge in [0.1, 0.15) is 5.69 Å². The molecule has 0 aliphatic carbocycles. The summed E-state index contributed by atoms with van der Waals surface area (Å²) < 4.78 is 0. The molecule has 0 radical (unpaired) electrons. The molecule has 6 nitrogen and oxygen atoms in total.